The van der Waals surface area contributed by atoms with E-state index in [1.807, 2.05) is 42.5 Å². The first-order chi connectivity index (χ1) is 63.0. The Morgan fingerprint density at radius 2 is 0.628 bits per heavy atom. The molecule has 0 spiro atoms. The van der Waals surface area contributed by atoms with Crippen molar-refractivity contribution in [3.63, 3.8) is 0 Å². The van der Waals surface area contributed by atoms with Gasteiger partial charge in [-0.2, -0.15) is 5.26 Å². The molecule has 0 saturated carbocycles. The Kier molecular flexibility index (Phi) is 23.5. The number of nitrogens with zero attached hydrogens (tertiary/aromatic N) is 3. The van der Waals surface area contributed by atoms with Gasteiger partial charge in [0.15, 0.2) is 58.4 Å². The molecule has 8 aliphatic heterocycles. The van der Waals surface area contributed by atoms with E-state index in [1.54, 1.807) is 110 Å². The maximum absolute atomic E-state index is 13.0. The third kappa shape index (κ3) is 15.4. The van der Waals surface area contributed by atoms with Crippen molar-refractivity contribution >= 4 is 72.8 Å². The molecule has 32 nitrogen and oxygen atoms in total. The molecule has 8 aliphatic rings. The van der Waals surface area contributed by atoms with Crippen molar-refractivity contribution in [1.29, 1.82) is 5.26 Å². The number of Topliss-reactive ketones (excluding diaryl/α,β-unsaturated/α-hetero) is 1. The number of carbonyl (C=O) groups is 5. The first-order valence-corrected chi connectivity index (χ1v) is 40.4. The summed E-state index contributed by atoms with van der Waals surface area (Å²) in [5.74, 6) is 6.68. The molecule has 0 unspecified atom stereocenters. The van der Waals surface area contributed by atoms with Gasteiger partial charge in [0.05, 0.1) is 75.1 Å². The second-order valence-corrected chi connectivity index (χ2v) is 30.0. The molecule has 0 radical (unpaired) electrons. The minimum absolute atomic E-state index is 0.00746. The smallest absolute Gasteiger partial charge is 0.339 e. The van der Waals surface area contributed by atoms with Gasteiger partial charge in [-0.05, 0) is 191 Å². The van der Waals surface area contributed by atoms with Crippen LogP contribution < -0.4 is 56.8 Å². The maximum Gasteiger partial charge on any atom is 0.339 e. The van der Waals surface area contributed by atoms with Crippen molar-refractivity contribution in [2.45, 2.75) is 92.6 Å². The standard InChI is InChI=1S/C25H18N2O7.C25H22O8.C24H18O7.C23H17NO7/c28-9-14-6-16-17(7-15(14)10-29)23(34-25-26-4-1-5-27-25)18-11-31-24(30)22(18)21(16)13-2-3-19-20(8-13)33-12-32-19;1-2-16(28)10-30-24-18-6-15(9-27)14(8-26)5-17(18)22(23-19(24)11-31-25(23)29)13-3-4-20-21(7-13)33-12-32-20;1-2-5-28-23-17-7-15(10-26)14(9-25)6-16(17)21(22-18(23)11-29-24(22)27)13-3-4-19-20(8-13)31-12-30-19;24-3-4-28-22-16-6-14(9-26)13(8-25)5-15(16)20(21-17(22)10-29-23(21)27)12-1-2-18-19(7-12)31-11-30-18/h1-8,28-29H,9-12H2;3-7,26-27H,2,8-12H2,1H3;1,3-4,6-8,25-26H,5,9-12H2;1-2,5-7,25-26H,4,8-11H2. The van der Waals surface area contributed by atoms with E-state index in [-0.39, 0.29) is 138 Å². The number of ketones is 1. The van der Waals surface area contributed by atoms with Gasteiger partial charge in [-0.15, -0.1) is 6.42 Å². The molecular weight excluding hydrogens is 1670 g/mol. The summed E-state index contributed by atoms with van der Waals surface area (Å²) in [5, 5.41) is 93.1. The number of terminal acetylenes is 1. The SMILES string of the molecule is C#CCOc1c2c(c(-c3ccc4c(c3)OCO4)c3cc(CO)c(CO)cc13)C(=O)OC2.CCC(=O)COc1c2c(c(-c3ccc4c(c3)OCO4)c3cc(CO)c(CO)cc13)C(=O)OC2.N#CCOc1c2c(c(-c3ccc4c(c3)OCO4)c3cc(CO)c(CO)cc13)C(=O)OC2.O=C1OCc2c1c(-c1ccc3c(c1)OCO3)c1cc(CO)c(CO)cc1c2Oc1ncccn1. The van der Waals surface area contributed by atoms with Crippen LogP contribution in [0.15, 0.2) is 140 Å². The number of fused-ring (bicyclic) bond motifs is 12. The maximum atomic E-state index is 13.0. The lowest BCUT2D eigenvalue weighted by Crippen LogP contribution is -2.12. The molecule has 13 aromatic rings. The van der Waals surface area contributed by atoms with Gasteiger partial charge in [0.25, 0.3) is 0 Å². The number of nitriles is 1. The Labute approximate surface area is 731 Å². The molecule has 0 saturated heterocycles. The van der Waals surface area contributed by atoms with Crippen LogP contribution in [0.2, 0.25) is 0 Å². The Hall–Kier alpha value is -15.4. The van der Waals surface area contributed by atoms with Crippen molar-refractivity contribution in [2.75, 3.05) is 47.0 Å². The van der Waals surface area contributed by atoms with Gasteiger partial charge in [-0.3, -0.25) is 4.79 Å². The fourth-order valence-electron chi connectivity index (χ4n) is 17.0. The summed E-state index contributed by atoms with van der Waals surface area (Å²) in [5.41, 5.74) is 13.3. The average molecular weight is 1750 g/mol. The Morgan fingerprint density at radius 1 is 0.357 bits per heavy atom. The number of carbonyl (C=O) groups excluding carboxylic acids is 5. The lowest BCUT2D eigenvalue weighted by molar-refractivity contribution is -0.120. The zero-order chi connectivity index (χ0) is 89.4. The summed E-state index contributed by atoms with van der Waals surface area (Å²) < 4.78 is 88.8. The summed E-state index contributed by atoms with van der Waals surface area (Å²) in [6.07, 6.45) is 8.82. The summed E-state index contributed by atoms with van der Waals surface area (Å²) in [4.78, 5) is 71.6. The average Bonchev–Trinajstić information content (AvgIpc) is 1.63. The third-order valence-electron chi connectivity index (χ3n) is 23.0. The van der Waals surface area contributed by atoms with Crippen LogP contribution >= 0.6 is 0 Å². The third-order valence-corrected chi connectivity index (χ3v) is 23.0. The van der Waals surface area contributed by atoms with Gasteiger partial charge in [0.1, 0.15) is 68.7 Å². The van der Waals surface area contributed by atoms with Crippen molar-refractivity contribution in [3.8, 4) is 138 Å². The zero-order valence-electron chi connectivity index (χ0n) is 68.5. The van der Waals surface area contributed by atoms with E-state index in [4.69, 9.17) is 87.5 Å². The lowest BCUT2D eigenvalue weighted by atomic mass is 9.87. The van der Waals surface area contributed by atoms with Crippen molar-refractivity contribution < 1.29 is 141 Å². The first-order valence-electron chi connectivity index (χ1n) is 40.4. The van der Waals surface area contributed by atoms with Gasteiger partial charge in [0, 0.05) is 84.9 Å². The highest BCUT2D eigenvalue weighted by Gasteiger charge is 2.39. The summed E-state index contributed by atoms with van der Waals surface area (Å²) >= 11 is 0. The van der Waals surface area contributed by atoms with Crippen LogP contribution in [-0.4, -0.2) is 127 Å². The first kappa shape index (κ1) is 84.5. The van der Waals surface area contributed by atoms with Crippen LogP contribution in [0.25, 0.3) is 87.6 Å². The van der Waals surface area contributed by atoms with E-state index in [9.17, 15) is 64.8 Å². The summed E-state index contributed by atoms with van der Waals surface area (Å²) in [6, 6.07) is 39.3. The fourth-order valence-corrected chi connectivity index (χ4v) is 17.0. The van der Waals surface area contributed by atoms with Crippen molar-refractivity contribution in [3.05, 3.63) is 229 Å². The monoisotopic (exact) mass is 1750 g/mol. The van der Waals surface area contributed by atoms with Gasteiger partial charge >= 0.3 is 29.9 Å². The molecular formula is C97H75N3O29. The van der Waals surface area contributed by atoms with E-state index in [2.05, 4.69) is 15.9 Å². The molecule has 12 aromatic carbocycles. The van der Waals surface area contributed by atoms with Crippen molar-refractivity contribution in [2.24, 2.45) is 0 Å². The van der Waals surface area contributed by atoms with E-state index in [1.165, 1.54) is 0 Å². The van der Waals surface area contributed by atoms with Crippen LogP contribution in [0.1, 0.15) is 122 Å². The molecule has 129 heavy (non-hydrogen) atoms. The Morgan fingerprint density at radius 3 is 0.915 bits per heavy atom. The van der Waals surface area contributed by atoms with Gasteiger partial charge in [-0.1, -0.05) is 37.1 Å². The van der Waals surface area contributed by atoms with Gasteiger partial charge in [-0.25, -0.2) is 29.1 Å². The minimum atomic E-state index is -0.497. The second kappa shape index (κ2) is 35.9. The summed E-state index contributed by atoms with van der Waals surface area (Å²) in [7, 11) is 0. The number of cyclic esters (lactones) is 4. The summed E-state index contributed by atoms with van der Waals surface area (Å²) in [6.45, 7) is -0.263. The molecule has 0 atom stereocenters. The molecule has 0 bridgehead atoms. The van der Waals surface area contributed by atoms with E-state index in [0.29, 0.717) is 246 Å². The highest BCUT2D eigenvalue weighted by Crippen LogP contribution is 2.54. The lowest BCUT2D eigenvalue weighted by Gasteiger charge is -2.19. The number of ether oxygens (including phenoxy) is 16. The molecule has 0 aliphatic carbocycles. The number of esters is 4. The molecule has 1 aromatic heterocycles. The van der Waals surface area contributed by atoms with Crippen LogP contribution in [-0.2, 0) is 103 Å². The number of aliphatic hydroxyl groups is 8. The van der Waals surface area contributed by atoms with E-state index >= 15 is 0 Å². The highest BCUT2D eigenvalue weighted by molar-refractivity contribution is 6.18. The van der Waals surface area contributed by atoms with Crippen molar-refractivity contribution in [1.82, 2.24) is 9.97 Å². The van der Waals surface area contributed by atoms with E-state index in [0.717, 1.165) is 5.56 Å². The number of hydrogen-bond acceptors (Lipinski definition) is 32. The Bertz CT molecular complexity index is 6740. The highest BCUT2D eigenvalue weighted by atomic mass is 16.7. The quantitative estimate of drug-likeness (QED) is 0.0177. The second-order valence-electron chi connectivity index (χ2n) is 30.0. The van der Waals surface area contributed by atoms with Crippen LogP contribution in [0.4, 0.5) is 0 Å². The fraction of sp³-hybridized carbons (Fsp3) is 0.216. The molecule has 0 fully saturated rings. The number of aromatic nitrogens is 2. The predicted octanol–water partition coefficient (Wildman–Crippen LogP) is 12.4. The van der Waals surface area contributed by atoms with Gasteiger partial charge < -0.3 is 117 Å². The number of hydrogen-bond donors (Lipinski definition) is 8. The molecule has 0 amide bonds. The van der Waals surface area contributed by atoms with Crippen LogP contribution in [0, 0.1) is 23.7 Å². The molecule has 652 valence electrons. The number of aliphatic hydroxyl groups excluding tert-OH is 8. The molecule has 32 heteroatoms. The predicted molar refractivity (Wildman–Crippen MR) is 454 cm³/mol. The normalized spacial score (nSPS) is 13.8. The Balaban J connectivity index is 0.000000116. The molecule has 9 heterocycles. The molecule has 21 rings (SSSR count). The van der Waals surface area contributed by atoms with Gasteiger partial charge in [0.2, 0.25) is 27.2 Å². The zero-order valence-corrected chi connectivity index (χ0v) is 68.5. The molecule has 8 N–H and O–H groups in total. The van der Waals surface area contributed by atoms with E-state index < -0.39 is 23.9 Å². The largest absolute Gasteiger partial charge is 0.485 e. The van der Waals surface area contributed by atoms with Crippen LogP contribution in [0.3, 0.4) is 0 Å². The topological polar surface area (TPSA) is 444 Å². The number of benzene rings is 12. The minimum Gasteiger partial charge on any atom is -0.485 e. The van der Waals surface area contributed by atoms with Crippen LogP contribution in [0.5, 0.6) is 75.0 Å². The number of rotatable bonds is 22.